The fourth-order valence-electron chi connectivity index (χ4n) is 3.32. The van der Waals surface area contributed by atoms with Crippen LogP contribution in [0.15, 0.2) is 48.5 Å². The SMILES string of the molecule is CN(C(=O)c1cccc2c1OCO2)C1CCN(c2ccccc2)C1=O. The largest absolute Gasteiger partial charge is 0.454 e. The molecule has 128 valence electrons. The van der Waals surface area contributed by atoms with E-state index in [2.05, 4.69) is 0 Å². The second kappa shape index (κ2) is 6.12. The normalized spacial score (nSPS) is 18.5. The molecule has 25 heavy (non-hydrogen) atoms. The zero-order valence-electron chi connectivity index (χ0n) is 13.8. The predicted octanol–water partition coefficient (Wildman–Crippen LogP) is 2.29. The molecule has 2 aliphatic rings. The van der Waals surface area contributed by atoms with Gasteiger partial charge in [-0.15, -0.1) is 0 Å². The highest BCUT2D eigenvalue weighted by Gasteiger charge is 2.38. The van der Waals surface area contributed by atoms with Crippen LogP contribution in [-0.4, -0.2) is 43.1 Å². The Hall–Kier alpha value is -3.02. The molecule has 4 rings (SSSR count). The maximum Gasteiger partial charge on any atom is 0.258 e. The number of carbonyl (C=O) groups excluding carboxylic acids is 2. The number of carbonyl (C=O) groups is 2. The third-order valence-corrected chi connectivity index (χ3v) is 4.66. The van der Waals surface area contributed by atoms with Crippen LogP contribution >= 0.6 is 0 Å². The summed E-state index contributed by atoms with van der Waals surface area (Å²) >= 11 is 0. The topological polar surface area (TPSA) is 59.1 Å². The molecule has 6 heteroatoms. The molecular weight excluding hydrogens is 320 g/mol. The van der Waals surface area contributed by atoms with Gasteiger partial charge < -0.3 is 19.3 Å². The van der Waals surface area contributed by atoms with E-state index in [1.165, 1.54) is 4.90 Å². The molecule has 0 bridgehead atoms. The van der Waals surface area contributed by atoms with Crippen molar-refractivity contribution in [3.8, 4) is 11.5 Å². The molecule has 0 saturated carbocycles. The standard InChI is InChI=1S/C19H18N2O4/c1-20(18(22)14-8-5-9-16-17(14)25-12-24-16)15-10-11-21(19(15)23)13-6-3-2-4-7-13/h2-9,15H,10-12H2,1H3. The fourth-order valence-corrected chi connectivity index (χ4v) is 3.32. The molecule has 1 saturated heterocycles. The maximum absolute atomic E-state index is 12.9. The maximum atomic E-state index is 12.9. The number of likely N-dealkylation sites (N-methyl/N-ethyl adjacent to an activating group) is 1. The van der Waals surface area contributed by atoms with Crippen molar-refractivity contribution in [2.75, 3.05) is 25.3 Å². The first-order valence-corrected chi connectivity index (χ1v) is 8.19. The molecule has 2 aliphatic heterocycles. The number of ether oxygens (including phenoxy) is 2. The van der Waals surface area contributed by atoms with Crippen LogP contribution in [0.2, 0.25) is 0 Å². The monoisotopic (exact) mass is 338 g/mol. The van der Waals surface area contributed by atoms with Gasteiger partial charge in [-0.25, -0.2) is 0 Å². The molecule has 0 spiro atoms. The van der Waals surface area contributed by atoms with Crippen LogP contribution in [0.3, 0.4) is 0 Å². The third-order valence-electron chi connectivity index (χ3n) is 4.66. The first-order valence-electron chi connectivity index (χ1n) is 8.19. The van der Waals surface area contributed by atoms with E-state index >= 15 is 0 Å². The number of amides is 2. The van der Waals surface area contributed by atoms with Crippen LogP contribution in [0.4, 0.5) is 5.69 Å². The molecule has 1 atom stereocenters. The third kappa shape index (κ3) is 2.59. The molecule has 0 radical (unpaired) electrons. The Labute approximate surface area is 145 Å². The Kier molecular flexibility index (Phi) is 3.80. The summed E-state index contributed by atoms with van der Waals surface area (Å²) in [6.45, 7) is 0.700. The van der Waals surface area contributed by atoms with E-state index in [1.807, 2.05) is 30.3 Å². The fraction of sp³-hybridized carbons (Fsp3) is 0.263. The number of anilines is 1. The molecule has 2 aromatic carbocycles. The lowest BCUT2D eigenvalue weighted by Gasteiger charge is -2.24. The van der Waals surface area contributed by atoms with Gasteiger partial charge in [-0.2, -0.15) is 0 Å². The Bertz CT molecular complexity index is 821. The zero-order valence-corrected chi connectivity index (χ0v) is 13.8. The highest BCUT2D eigenvalue weighted by molar-refractivity contribution is 6.05. The lowest BCUT2D eigenvalue weighted by Crippen LogP contribution is -2.43. The van der Waals surface area contributed by atoms with Gasteiger partial charge in [-0.1, -0.05) is 24.3 Å². The predicted molar refractivity (Wildman–Crippen MR) is 91.9 cm³/mol. The van der Waals surface area contributed by atoms with Crippen LogP contribution in [-0.2, 0) is 4.79 Å². The summed E-state index contributed by atoms with van der Waals surface area (Å²) < 4.78 is 10.7. The van der Waals surface area contributed by atoms with Gasteiger partial charge in [0, 0.05) is 19.3 Å². The van der Waals surface area contributed by atoms with Crippen molar-refractivity contribution < 1.29 is 19.1 Å². The lowest BCUT2D eigenvalue weighted by atomic mass is 10.1. The van der Waals surface area contributed by atoms with Crippen LogP contribution in [0, 0.1) is 0 Å². The van der Waals surface area contributed by atoms with Crippen molar-refractivity contribution in [2.45, 2.75) is 12.5 Å². The average Bonchev–Trinajstić information content (AvgIpc) is 3.27. The Balaban J connectivity index is 1.56. The first kappa shape index (κ1) is 15.5. The van der Waals surface area contributed by atoms with Gasteiger partial charge in [-0.3, -0.25) is 9.59 Å². The van der Waals surface area contributed by atoms with Crippen LogP contribution < -0.4 is 14.4 Å². The van der Waals surface area contributed by atoms with Crippen molar-refractivity contribution in [2.24, 2.45) is 0 Å². The number of hydrogen-bond donors (Lipinski definition) is 0. The smallest absolute Gasteiger partial charge is 0.258 e. The molecule has 6 nitrogen and oxygen atoms in total. The first-order chi connectivity index (χ1) is 12.2. The summed E-state index contributed by atoms with van der Waals surface area (Å²) in [7, 11) is 1.66. The molecule has 2 heterocycles. The van der Waals surface area contributed by atoms with Crippen LogP contribution in [0.5, 0.6) is 11.5 Å². The van der Waals surface area contributed by atoms with E-state index in [9.17, 15) is 9.59 Å². The molecule has 0 aromatic heterocycles. The number of rotatable bonds is 3. The summed E-state index contributed by atoms with van der Waals surface area (Å²) in [5, 5.41) is 0. The highest BCUT2D eigenvalue weighted by Crippen LogP contribution is 2.36. The molecule has 1 fully saturated rings. The summed E-state index contributed by atoms with van der Waals surface area (Å²) in [6.07, 6.45) is 0.600. The average molecular weight is 338 g/mol. The van der Waals surface area contributed by atoms with Gasteiger partial charge in [0.25, 0.3) is 5.91 Å². The van der Waals surface area contributed by atoms with Crippen molar-refractivity contribution in [3.05, 3.63) is 54.1 Å². The van der Waals surface area contributed by atoms with Gasteiger partial charge >= 0.3 is 0 Å². The van der Waals surface area contributed by atoms with Crippen LogP contribution in [0.25, 0.3) is 0 Å². The molecule has 0 N–H and O–H groups in total. The van der Waals surface area contributed by atoms with Crippen molar-refractivity contribution >= 4 is 17.5 Å². The van der Waals surface area contributed by atoms with Gasteiger partial charge in [0.1, 0.15) is 6.04 Å². The summed E-state index contributed by atoms with van der Waals surface area (Å²) in [5.41, 5.74) is 1.27. The van der Waals surface area contributed by atoms with Gasteiger partial charge in [0.15, 0.2) is 11.5 Å². The highest BCUT2D eigenvalue weighted by atomic mass is 16.7. The van der Waals surface area contributed by atoms with E-state index in [0.717, 1.165) is 5.69 Å². The van der Waals surface area contributed by atoms with Crippen molar-refractivity contribution in [1.29, 1.82) is 0 Å². The van der Waals surface area contributed by atoms with Gasteiger partial charge in [0.2, 0.25) is 12.7 Å². The Morgan fingerprint density at radius 1 is 1.12 bits per heavy atom. The van der Waals surface area contributed by atoms with Gasteiger partial charge in [-0.05, 0) is 30.7 Å². The minimum atomic E-state index is -0.481. The second-order valence-corrected chi connectivity index (χ2v) is 6.09. The number of fused-ring (bicyclic) bond motifs is 1. The number of nitrogens with zero attached hydrogens (tertiary/aromatic N) is 2. The quantitative estimate of drug-likeness (QED) is 0.862. The summed E-state index contributed by atoms with van der Waals surface area (Å²) in [6, 6.07) is 14.2. The van der Waals surface area contributed by atoms with Crippen molar-refractivity contribution in [1.82, 2.24) is 4.90 Å². The summed E-state index contributed by atoms with van der Waals surface area (Å²) in [5.74, 6) is 0.704. The van der Waals surface area contributed by atoms with E-state index in [1.54, 1.807) is 30.1 Å². The van der Waals surface area contributed by atoms with E-state index in [4.69, 9.17) is 9.47 Å². The minimum Gasteiger partial charge on any atom is -0.454 e. The second-order valence-electron chi connectivity index (χ2n) is 6.09. The van der Waals surface area contributed by atoms with E-state index in [-0.39, 0.29) is 18.6 Å². The van der Waals surface area contributed by atoms with Crippen LogP contribution in [0.1, 0.15) is 16.8 Å². The van der Waals surface area contributed by atoms with Crippen molar-refractivity contribution in [3.63, 3.8) is 0 Å². The Morgan fingerprint density at radius 3 is 2.72 bits per heavy atom. The van der Waals surface area contributed by atoms with E-state index < -0.39 is 6.04 Å². The van der Waals surface area contributed by atoms with Gasteiger partial charge in [0.05, 0.1) is 5.56 Å². The number of hydrogen-bond acceptors (Lipinski definition) is 4. The summed E-state index contributed by atoms with van der Waals surface area (Å²) in [4.78, 5) is 28.9. The molecular formula is C19H18N2O4. The molecule has 1 unspecified atom stereocenters. The number of para-hydroxylation sites is 2. The number of benzene rings is 2. The minimum absolute atomic E-state index is 0.0632. The zero-order chi connectivity index (χ0) is 17.4. The Morgan fingerprint density at radius 2 is 1.92 bits per heavy atom. The molecule has 2 amide bonds. The molecule has 0 aliphatic carbocycles. The lowest BCUT2D eigenvalue weighted by molar-refractivity contribution is -0.120. The molecule has 2 aromatic rings. The van der Waals surface area contributed by atoms with E-state index in [0.29, 0.717) is 30.0 Å².